The smallest absolute Gasteiger partial charge is 0.0443 e. The molecule has 0 aliphatic carbocycles. The molecule has 0 nitrogen and oxygen atoms in total. The molecular formula is C41H84. The normalized spacial score (nSPS) is 14.0. The zero-order chi connectivity index (χ0) is 30.1. The Hall–Kier alpha value is 0. The molecule has 0 aliphatic heterocycles. The first-order chi connectivity index (χ1) is 20.1. The maximum Gasteiger partial charge on any atom is -0.0443 e. The van der Waals surface area contributed by atoms with Gasteiger partial charge in [-0.1, -0.05) is 247 Å². The van der Waals surface area contributed by atoms with E-state index in [0.717, 1.165) is 17.8 Å². The van der Waals surface area contributed by atoms with Crippen LogP contribution in [0.4, 0.5) is 0 Å². The van der Waals surface area contributed by atoms with Crippen LogP contribution in [0.2, 0.25) is 0 Å². The average Bonchev–Trinajstić information content (AvgIpc) is 2.96. The van der Waals surface area contributed by atoms with Gasteiger partial charge in [-0.3, -0.25) is 0 Å². The molecule has 0 radical (unpaired) electrons. The third-order valence-electron chi connectivity index (χ3n) is 10.1. The Labute approximate surface area is 263 Å². The van der Waals surface area contributed by atoms with Gasteiger partial charge in [0.25, 0.3) is 0 Å². The molecule has 0 rings (SSSR count). The summed E-state index contributed by atoms with van der Waals surface area (Å²) in [6.45, 7) is 12.2. The third kappa shape index (κ3) is 34.4. The van der Waals surface area contributed by atoms with E-state index in [9.17, 15) is 0 Å². The number of hydrogen-bond donors (Lipinski definition) is 0. The lowest BCUT2D eigenvalue weighted by molar-refractivity contribution is 0.373. The third-order valence-corrected chi connectivity index (χ3v) is 10.1. The van der Waals surface area contributed by atoms with Crippen LogP contribution in [0.1, 0.15) is 247 Å². The molecular weight excluding hydrogens is 492 g/mol. The number of rotatable bonds is 35. The van der Waals surface area contributed by atoms with Crippen LogP contribution in [0.3, 0.4) is 0 Å². The quantitative estimate of drug-likeness (QED) is 0.0658. The minimum absolute atomic E-state index is 0.942. The van der Waals surface area contributed by atoms with Crippen molar-refractivity contribution in [2.75, 3.05) is 0 Å². The SMILES string of the molecule is CCCCCCCCCCCCCCCC(C)CCCC(C)CCCC(C)CCCCCCCCCCCCCC. The molecule has 41 heavy (non-hydrogen) atoms. The van der Waals surface area contributed by atoms with Crippen LogP contribution in [-0.4, -0.2) is 0 Å². The topological polar surface area (TPSA) is 0 Å². The molecule has 0 aromatic carbocycles. The molecule has 0 aromatic heterocycles. The Morgan fingerprint density at radius 2 is 0.390 bits per heavy atom. The first-order valence-corrected chi connectivity index (χ1v) is 20.1. The Morgan fingerprint density at radius 1 is 0.220 bits per heavy atom. The molecule has 0 saturated heterocycles. The van der Waals surface area contributed by atoms with E-state index < -0.39 is 0 Å². The van der Waals surface area contributed by atoms with E-state index in [2.05, 4.69) is 34.6 Å². The standard InChI is InChI=1S/C41H84/c1-6-8-10-12-14-16-18-20-22-24-26-28-30-34-40(4)36-32-38-41(5)37-31-35-39(3)33-29-27-25-23-21-19-17-15-13-11-9-7-2/h39-41H,6-38H2,1-5H3. The van der Waals surface area contributed by atoms with Gasteiger partial charge in [0.2, 0.25) is 0 Å². The van der Waals surface area contributed by atoms with Crippen molar-refractivity contribution in [2.24, 2.45) is 17.8 Å². The minimum atomic E-state index is 0.942. The molecule has 0 amide bonds. The molecule has 3 atom stereocenters. The summed E-state index contributed by atoms with van der Waals surface area (Å²) < 4.78 is 0. The highest BCUT2D eigenvalue weighted by Crippen LogP contribution is 2.24. The second kappa shape index (κ2) is 34.5. The maximum absolute atomic E-state index is 2.52. The Balaban J connectivity index is 3.37. The van der Waals surface area contributed by atoms with Crippen molar-refractivity contribution in [3.63, 3.8) is 0 Å². The Bertz CT molecular complexity index is 453. The number of unbranched alkanes of at least 4 members (excludes halogenated alkanes) is 23. The summed E-state index contributed by atoms with van der Waals surface area (Å²) in [7, 11) is 0. The number of hydrogen-bond acceptors (Lipinski definition) is 0. The largest absolute Gasteiger partial charge is 0.0654 e. The fourth-order valence-electron chi connectivity index (χ4n) is 6.91. The second-order valence-electron chi connectivity index (χ2n) is 14.9. The predicted molar refractivity (Wildman–Crippen MR) is 191 cm³/mol. The Kier molecular flexibility index (Phi) is 34.5. The molecule has 0 aliphatic rings. The minimum Gasteiger partial charge on any atom is -0.0654 e. The molecule has 0 spiro atoms. The zero-order valence-electron chi connectivity index (χ0n) is 30.1. The summed E-state index contributed by atoms with van der Waals surface area (Å²) in [6, 6.07) is 0. The first kappa shape index (κ1) is 41.0. The monoisotopic (exact) mass is 577 g/mol. The van der Waals surface area contributed by atoms with Crippen LogP contribution >= 0.6 is 0 Å². The van der Waals surface area contributed by atoms with Crippen molar-refractivity contribution in [1.82, 2.24) is 0 Å². The van der Waals surface area contributed by atoms with Gasteiger partial charge in [-0.05, 0) is 17.8 Å². The van der Waals surface area contributed by atoms with Gasteiger partial charge in [0, 0.05) is 0 Å². The average molecular weight is 577 g/mol. The molecule has 0 saturated carbocycles. The summed E-state index contributed by atoms with van der Waals surface area (Å²) >= 11 is 0. The molecule has 248 valence electrons. The lowest BCUT2D eigenvalue weighted by atomic mass is 9.90. The highest BCUT2D eigenvalue weighted by molar-refractivity contribution is 4.61. The summed E-state index contributed by atoms with van der Waals surface area (Å²) in [5.41, 5.74) is 0. The van der Waals surface area contributed by atoms with E-state index in [4.69, 9.17) is 0 Å². The first-order valence-electron chi connectivity index (χ1n) is 20.1. The van der Waals surface area contributed by atoms with E-state index in [0.29, 0.717) is 0 Å². The van der Waals surface area contributed by atoms with Gasteiger partial charge < -0.3 is 0 Å². The van der Waals surface area contributed by atoms with Crippen molar-refractivity contribution < 1.29 is 0 Å². The van der Waals surface area contributed by atoms with Gasteiger partial charge in [0.1, 0.15) is 0 Å². The summed E-state index contributed by atoms with van der Waals surface area (Å²) in [6.07, 6.45) is 48.5. The maximum atomic E-state index is 2.52. The van der Waals surface area contributed by atoms with Crippen LogP contribution in [0, 0.1) is 17.8 Å². The van der Waals surface area contributed by atoms with Crippen molar-refractivity contribution >= 4 is 0 Å². The van der Waals surface area contributed by atoms with E-state index in [-0.39, 0.29) is 0 Å². The van der Waals surface area contributed by atoms with E-state index in [1.165, 1.54) is 212 Å². The lowest BCUT2D eigenvalue weighted by Crippen LogP contribution is -2.01. The molecule has 0 fully saturated rings. The van der Waals surface area contributed by atoms with Crippen LogP contribution in [0.5, 0.6) is 0 Å². The second-order valence-corrected chi connectivity index (χ2v) is 14.9. The van der Waals surface area contributed by atoms with Gasteiger partial charge in [-0.15, -0.1) is 0 Å². The van der Waals surface area contributed by atoms with Crippen molar-refractivity contribution in [2.45, 2.75) is 247 Å². The molecule has 0 bridgehead atoms. The van der Waals surface area contributed by atoms with Crippen molar-refractivity contribution in [1.29, 1.82) is 0 Å². The molecule has 3 unspecified atom stereocenters. The highest BCUT2D eigenvalue weighted by Gasteiger charge is 2.08. The molecule has 0 aromatic rings. The Morgan fingerprint density at radius 3 is 0.610 bits per heavy atom. The van der Waals surface area contributed by atoms with Gasteiger partial charge in [0.15, 0.2) is 0 Å². The predicted octanol–water partition coefficient (Wildman–Crippen LogP) is 15.8. The van der Waals surface area contributed by atoms with Crippen molar-refractivity contribution in [3.05, 3.63) is 0 Å². The fourth-order valence-corrected chi connectivity index (χ4v) is 6.91. The van der Waals surface area contributed by atoms with E-state index >= 15 is 0 Å². The summed E-state index contributed by atoms with van der Waals surface area (Å²) in [5.74, 6) is 2.84. The molecule has 0 heterocycles. The van der Waals surface area contributed by atoms with Gasteiger partial charge in [-0.25, -0.2) is 0 Å². The molecule has 0 heteroatoms. The summed E-state index contributed by atoms with van der Waals surface area (Å²) in [4.78, 5) is 0. The van der Waals surface area contributed by atoms with Gasteiger partial charge in [0.05, 0.1) is 0 Å². The van der Waals surface area contributed by atoms with Gasteiger partial charge >= 0.3 is 0 Å². The zero-order valence-corrected chi connectivity index (χ0v) is 30.1. The van der Waals surface area contributed by atoms with E-state index in [1.54, 1.807) is 0 Å². The van der Waals surface area contributed by atoms with Gasteiger partial charge in [-0.2, -0.15) is 0 Å². The highest BCUT2D eigenvalue weighted by atomic mass is 14.1. The van der Waals surface area contributed by atoms with Crippen LogP contribution in [0.15, 0.2) is 0 Å². The van der Waals surface area contributed by atoms with Crippen LogP contribution in [-0.2, 0) is 0 Å². The molecule has 0 N–H and O–H groups in total. The van der Waals surface area contributed by atoms with Crippen LogP contribution < -0.4 is 0 Å². The van der Waals surface area contributed by atoms with Crippen LogP contribution in [0.25, 0.3) is 0 Å². The van der Waals surface area contributed by atoms with E-state index in [1.807, 2.05) is 0 Å². The lowest BCUT2D eigenvalue weighted by Gasteiger charge is -2.16. The fraction of sp³-hybridized carbons (Fsp3) is 1.00. The van der Waals surface area contributed by atoms with Crippen molar-refractivity contribution in [3.8, 4) is 0 Å². The summed E-state index contributed by atoms with van der Waals surface area (Å²) in [5, 5.41) is 0.